The van der Waals surface area contributed by atoms with E-state index in [0.29, 0.717) is 33.6 Å². The van der Waals surface area contributed by atoms with E-state index < -0.39 is 24.1 Å². The highest BCUT2D eigenvalue weighted by Crippen LogP contribution is 2.52. The fraction of sp³-hybridized carbons (Fsp3) is 0.118. The Balaban J connectivity index is 1.48. The van der Waals surface area contributed by atoms with E-state index in [9.17, 15) is 18.4 Å². The van der Waals surface area contributed by atoms with Gasteiger partial charge in [0, 0.05) is 28.7 Å². The van der Waals surface area contributed by atoms with Crippen molar-refractivity contribution in [3.05, 3.63) is 113 Å². The van der Waals surface area contributed by atoms with Gasteiger partial charge in [0.25, 0.3) is 0 Å². The van der Waals surface area contributed by atoms with Gasteiger partial charge in [0.1, 0.15) is 11.7 Å². The van der Waals surface area contributed by atoms with Crippen LogP contribution in [0.25, 0.3) is 60.6 Å². The van der Waals surface area contributed by atoms with E-state index >= 15 is 0 Å². The maximum absolute atomic E-state index is 13.7. The number of aromatic nitrogens is 4. The van der Waals surface area contributed by atoms with Gasteiger partial charge < -0.3 is 4.74 Å². The molecule has 44 heavy (non-hydrogen) atoms. The first-order valence-electron chi connectivity index (χ1n) is 13.5. The molecule has 0 spiro atoms. The molecule has 0 amide bonds. The van der Waals surface area contributed by atoms with E-state index in [1.807, 2.05) is 55.5 Å². The monoisotopic (exact) mass is 584 g/mol. The third-order valence-electron chi connectivity index (χ3n) is 7.78. The van der Waals surface area contributed by atoms with Crippen LogP contribution in [0.4, 0.5) is 13.2 Å². The molecule has 7 rings (SSSR count). The average molecular weight is 585 g/mol. The maximum atomic E-state index is 13.7. The van der Waals surface area contributed by atoms with Crippen LogP contribution in [0.5, 0.6) is 5.75 Å². The highest BCUT2D eigenvalue weighted by atomic mass is 19.4. The van der Waals surface area contributed by atoms with Crippen LogP contribution in [0.3, 0.4) is 0 Å². The van der Waals surface area contributed by atoms with E-state index in [0.717, 1.165) is 27.4 Å². The standard InChI is InChI=1S/C34H19F3N6O/c1-18-11-24-22(12-21(18)32-40-16-19-7-3-5-9-27(19)42-32)23-13-26(33-41-17-20-8-4-6-10-28(20)43-33)30(44-34(35,36)37)14-25(23)31(24)29(15-38)39-2/h3-14,16-17,29,31H,1H3. The fourth-order valence-corrected chi connectivity index (χ4v) is 5.82. The second-order valence-electron chi connectivity index (χ2n) is 10.4. The number of halogens is 3. The Kier molecular flexibility index (Phi) is 6.22. The fourth-order valence-electron chi connectivity index (χ4n) is 5.82. The summed E-state index contributed by atoms with van der Waals surface area (Å²) in [5, 5.41) is 11.5. The normalized spacial score (nSPS) is 14.5. The van der Waals surface area contributed by atoms with Crippen molar-refractivity contribution in [1.82, 2.24) is 19.9 Å². The van der Waals surface area contributed by atoms with Crippen molar-refractivity contribution in [3.63, 3.8) is 0 Å². The molecule has 0 N–H and O–H groups in total. The van der Waals surface area contributed by atoms with Gasteiger partial charge in [-0.05, 0) is 65.1 Å². The second kappa shape index (κ2) is 10.1. The quantitative estimate of drug-likeness (QED) is 0.195. The summed E-state index contributed by atoms with van der Waals surface area (Å²) >= 11 is 0. The van der Waals surface area contributed by atoms with E-state index in [4.69, 9.17) is 11.6 Å². The van der Waals surface area contributed by atoms with Crippen LogP contribution in [-0.4, -0.2) is 32.3 Å². The van der Waals surface area contributed by atoms with Gasteiger partial charge in [-0.1, -0.05) is 42.5 Å². The smallest absolute Gasteiger partial charge is 0.405 e. The molecule has 0 saturated carbocycles. The summed E-state index contributed by atoms with van der Waals surface area (Å²) in [7, 11) is 0. The zero-order valence-electron chi connectivity index (χ0n) is 23.0. The molecular weight excluding hydrogens is 565 g/mol. The number of fused-ring (bicyclic) bond motifs is 5. The molecule has 2 atom stereocenters. The molecule has 10 heteroatoms. The summed E-state index contributed by atoms with van der Waals surface area (Å²) in [6, 6.07) is 22.1. The van der Waals surface area contributed by atoms with Gasteiger partial charge in [-0.2, -0.15) is 5.26 Å². The highest BCUT2D eigenvalue weighted by Gasteiger charge is 2.41. The summed E-state index contributed by atoms with van der Waals surface area (Å²) in [6.07, 6.45) is -1.73. The molecular formula is C34H19F3N6O. The summed E-state index contributed by atoms with van der Waals surface area (Å²) in [4.78, 5) is 21.7. The summed E-state index contributed by atoms with van der Waals surface area (Å²) in [5.41, 5.74) is 5.10. The molecule has 0 bridgehead atoms. The predicted molar refractivity (Wildman–Crippen MR) is 158 cm³/mol. The number of ether oxygens (including phenoxy) is 1. The highest BCUT2D eigenvalue weighted by molar-refractivity contribution is 5.89. The van der Waals surface area contributed by atoms with E-state index in [-0.39, 0.29) is 11.4 Å². The minimum absolute atomic E-state index is 0.0267. The molecule has 0 aliphatic heterocycles. The van der Waals surface area contributed by atoms with Gasteiger partial charge in [-0.3, -0.25) is 4.85 Å². The number of hydrogen-bond acceptors (Lipinski definition) is 6. The third kappa shape index (κ3) is 4.54. The van der Waals surface area contributed by atoms with Crippen LogP contribution in [0.1, 0.15) is 22.6 Å². The van der Waals surface area contributed by atoms with Crippen molar-refractivity contribution >= 4 is 21.8 Å². The maximum Gasteiger partial charge on any atom is 0.573 e. The Morgan fingerprint density at radius 2 is 1.36 bits per heavy atom. The van der Waals surface area contributed by atoms with Crippen molar-refractivity contribution in [2.75, 3.05) is 0 Å². The van der Waals surface area contributed by atoms with Crippen molar-refractivity contribution in [3.8, 4) is 45.7 Å². The Hall–Kier alpha value is -5.87. The first kappa shape index (κ1) is 27.0. The third-order valence-corrected chi connectivity index (χ3v) is 7.78. The van der Waals surface area contributed by atoms with E-state index in [1.165, 1.54) is 6.07 Å². The van der Waals surface area contributed by atoms with Crippen molar-refractivity contribution in [1.29, 1.82) is 5.26 Å². The number of nitrogens with zero attached hydrogens (tertiary/aromatic N) is 6. The number of benzene rings is 4. The van der Waals surface area contributed by atoms with Gasteiger partial charge in [-0.15, -0.1) is 13.2 Å². The lowest BCUT2D eigenvalue weighted by Crippen LogP contribution is -2.18. The zero-order valence-corrected chi connectivity index (χ0v) is 23.0. The van der Waals surface area contributed by atoms with Crippen molar-refractivity contribution in [2.24, 2.45) is 0 Å². The van der Waals surface area contributed by atoms with E-state index in [2.05, 4.69) is 24.5 Å². The van der Waals surface area contributed by atoms with E-state index in [1.54, 1.807) is 36.7 Å². The Labute approximate surface area is 249 Å². The molecule has 2 heterocycles. The SMILES string of the molecule is [C-]#[N+]C(C#N)C1c2cc(C)c(-c3ncc4ccccc4n3)cc2-c2cc(-c3ncc4ccccc4n3)c(OC(F)(F)F)cc21. The number of alkyl halides is 3. The van der Waals surface area contributed by atoms with Gasteiger partial charge >= 0.3 is 12.4 Å². The van der Waals surface area contributed by atoms with Gasteiger partial charge in [0.15, 0.2) is 17.7 Å². The molecule has 1 aliphatic rings. The largest absolute Gasteiger partial charge is 0.573 e. The van der Waals surface area contributed by atoms with Gasteiger partial charge in [0.2, 0.25) is 0 Å². The zero-order chi connectivity index (χ0) is 30.6. The average Bonchev–Trinajstić information content (AvgIpc) is 3.31. The van der Waals surface area contributed by atoms with Gasteiger partial charge in [-0.25, -0.2) is 26.5 Å². The molecule has 2 unspecified atom stereocenters. The molecule has 212 valence electrons. The van der Waals surface area contributed by atoms with Crippen molar-refractivity contribution < 1.29 is 17.9 Å². The minimum Gasteiger partial charge on any atom is -0.405 e. The molecule has 0 fully saturated rings. The second-order valence-corrected chi connectivity index (χ2v) is 10.4. The lowest BCUT2D eigenvalue weighted by molar-refractivity contribution is -0.274. The molecule has 7 nitrogen and oxygen atoms in total. The van der Waals surface area contributed by atoms with Gasteiger partial charge in [0.05, 0.1) is 16.6 Å². The van der Waals surface area contributed by atoms with Crippen LogP contribution in [0.2, 0.25) is 0 Å². The number of para-hydroxylation sites is 2. The summed E-state index contributed by atoms with van der Waals surface area (Å²) in [6.45, 7) is 9.59. The lowest BCUT2D eigenvalue weighted by atomic mass is 9.88. The van der Waals surface area contributed by atoms with Crippen LogP contribution in [-0.2, 0) is 0 Å². The predicted octanol–water partition coefficient (Wildman–Crippen LogP) is 8.04. The minimum atomic E-state index is -5.01. The van der Waals surface area contributed by atoms with Crippen LogP contribution in [0, 0.1) is 24.8 Å². The van der Waals surface area contributed by atoms with Crippen LogP contribution in [0.15, 0.2) is 85.2 Å². The molecule has 0 radical (unpaired) electrons. The molecule has 2 aromatic heterocycles. The molecule has 6 aromatic rings. The number of aryl methyl sites for hydroxylation is 1. The van der Waals surface area contributed by atoms with Crippen LogP contribution < -0.4 is 4.74 Å². The van der Waals surface area contributed by atoms with Crippen molar-refractivity contribution in [2.45, 2.75) is 25.2 Å². The Morgan fingerprint density at radius 3 is 1.93 bits per heavy atom. The molecule has 0 saturated heterocycles. The molecule has 1 aliphatic carbocycles. The topological polar surface area (TPSA) is 88.9 Å². The molecule has 4 aromatic carbocycles. The number of hydrogen-bond donors (Lipinski definition) is 0. The summed E-state index contributed by atoms with van der Waals surface area (Å²) < 4.78 is 45.7. The summed E-state index contributed by atoms with van der Waals surface area (Å²) in [5.74, 6) is -0.801. The van der Waals surface area contributed by atoms with Crippen LogP contribution >= 0.6 is 0 Å². The lowest BCUT2D eigenvalue weighted by Gasteiger charge is -2.17. The number of rotatable bonds is 4. The number of nitriles is 1. The first-order valence-corrected chi connectivity index (χ1v) is 13.5. The first-order chi connectivity index (χ1) is 21.2. The Morgan fingerprint density at radius 1 is 0.818 bits per heavy atom. The Bertz CT molecular complexity index is 2200.